The van der Waals surface area contributed by atoms with Gasteiger partial charge in [-0.15, -0.1) is 0 Å². The van der Waals surface area contributed by atoms with E-state index in [-0.39, 0.29) is 11.3 Å². The monoisotopic (exact) mass is 314 g/mol. The van der Waals surface area contributed by atoms with Gasteiger partial charge in [0.1, 0.15) is 5.76 Å². The number of hydrogen-bond acceptors (Lipinski definition) is 5. The van der Waals surface area contributed by atoms with Gasteiger partial charge in [0.15, 0.2) is 11.3 Å². The number of carbonyl (C=O) groups excluding carboxylic acids is 1. The third-order valence-corrected chi connectivity index (χ3v) is 3.57. The molecule has 6 nitrogen and oxygen atoms in total. The van der Waals surface area contributed by atoms with Crippen LogP contribution in [-0.2, 0) is 9.53 Å². The summed E-state index contributed by atoms with van der Waals surface area (Å²) in [4.78, 5) is 25.0. The zero-order valence-electron chi connectivity index (χ0n) is 12.9. The molecule has 0 radical (unpaired) electrons. The van der Waals surface area contributed by atoms with Crippen LogP contribution in [0, 0.1) is 0 Å². The SMILES string of the molecule is CC(=O)Nc1ccc(-c2cc(=O)cc(N3CCOCC3)o2)cc1. The summed E-state index contributed by atoms with van der Waals surface area (Å²) in [6.45, 7) is 4.11. The number of anilines is 2. The number of ether oxygens (including phenoxy) is 1. The Hall–Kier alpha value is -2.60. The number of hydrogen-bond donors (Lipinski definition) is 1. The Kier molecular flexibility index (Phi) is 4.43. The van der Waals surface area contributed by atoms with Crippen LogP contribution >= 0.6 is 0 Å². The number of rotatable bonds is 3. The quantitative estimate of drug-likeness (QED) is 0.939. The molecule has 0 atom stereocenters. The van der Waals surface area contributed by atoms with Crippen molar-refractivity contribution in [1.29, 1.82) is 0 Å². The molecule has 6 heteroatoms. The Bertz CT molecular complexity index is 746. The Morgan fingerprint density at radius 2 is 1.83 bits per heavy atom. The summed E-state index contributed by atoms with van der Waals surface area (Å²) < 4.78 is 11.2. The number of nitrogens with zero attached hydrogens (tertiary/aromatic N) is 1. The van der Waals surface area contributed by atoms with E-state index >= 15 is 0 Å². The van der Waals surface area contributed by atoms with Crippen LogP contribution in [0.2, 0.25) is 0 Å². The zero-order valence-corrected chi connectivity index (χ0v) is 12.9. The first-order valence-electron chi connectivity index (χ1n) is 7.48. The van der Waals surface area contributed by atoms with Gasteiger partial charge in [0, 0.05) is 43.4 Å². The van der Waals surface area contributed by atoms with Crippen molar-refractivity contribution in [2.75, 3.05) is 36.5 Å². The first-order chi connectivity index (χ1) is 11.1. The first kappa shape index (κ1) is 15.3. The van der Waals surface area contributed by atoms with Crippen molar-refractivity contribution in [3.63, 3.8) is 0 Å². The van der Waals surface area contributed by atoms with Crippen molar-refractivity contribution in [1.82, 2.24) is 0 Å². The Balaban J connectivity index is 1.88. The van der Waals surface area contributed by atoms with Gasteiger partial charge in [-0.3, -0.25) is 9.59 Å². The molecule has 0 saturated carbocycles. The average Bonchev–Trinajstić information content (AvgIpc) is 2.55. The fourth-order valence-corrected chi connectivity index (χ4v) is 2.47. The van der Waals surface area contributed by atoms with Gasteiger partial charge in [-0.1, -0.05) is 0 Å². The predicted molar refractivity (Wildman–Crippen MR) is 87.7 cm³/mol. The lowest BCUT2D eigenvalue weighted by atomic mass is 10.1. The Labute approximate surface area is 133 Å². The maximum absolute atomic E-state index is 12.0. The molecule has 3 rings (SSSR count). The molecule has 2 aromatic rings. The van der Waals surface area contributed by atoms with Crippen LogP contribution < -0.4 is 15.6 Å². The fourth-order valence-electron chi connectivity index (χ4n) is 2.47. The predicted octanol–water partition coefficient (Wildman–Crippen LogP) is 2.10. The van der Waals surface area contributed by atoms with Crippen molar-refractivity contribution >= 4 is 17.5 Å². The van der Waals surface area contributed by atoms with Gasteiger partial charge in [0.05, 0.1) is 13.2 Å². The van der Waals surface area contributed by atoms with Crippen molar-refractivity contribution in [2.45, 2.75) is 6.92 Å². The molecule has 23 heavy (non-hydrogen) atoms. The second kappa shape index (κ2) is 6.66. The summed E-state index contributed by atoms with van der Waals surface area (Å²) in [5.41, 5.74) is 1.39. The third kappa shape index (κ3) is 3.78. The van der Waals surface area contributed by atoms with Gasteiger partial charge >= 0.3 is 0 Å². The standard InChI is InChI=1S/C17H18N2O4/c1-12(20)18-14-4-2-13(3-5-14)16-10-15(21)11-17(23-16)19-6-8-22-9-7-19/h2-5,10-11H,6-9H2,1H3,(H,18,20). The zero-order chi connectivity index (χ0) is 16.2. The van der Waals surface area contributed by atoms with Crippen LogP contribution in [0.1, 0.15) is 6.92 Å². The average molecular weight is 314 g/mol. The van der Waals surface area contributed by atoms with E-state index < -0.39 is 0 Å². The van der Waals surface area contributed by atoms with E-state index in [2.05, 4.69) is 5.32 Å². The number of nitrogens with one attached hydrogen (secondary N) is 1. The van der Waals surface area contributed by atoms with Crippen LogP contribution in [0.15, 0.2) is 45.6 Å². The highest BCUT2D eigenvalue weighted by molar-refractivity contribution is 5.88. The van der Waals surface area contributed by atoms with Gasteiger partial charge in [0.2, 0.25) is 5.91 Å². The second-order valence-electron chi connectivity index (χ2n) is 5.35. The van der Waals surface area contributed by atoms with Gasteiger partial charge < -0.3 is 19.4 Å². The molecule has 1 N–H and O–H groups in total. The topological polar surface area (TPSA) is 71.8 Å². The minimum Gasteiger partial charge on any atom is -0.440 e. The van der Waals surface area contributed by atoms with E-state index in [1.807, 2.05) is 17.0 Å². The van der Waals surface area contributed by atoms with Gasteiger partial charge in [-0.25, -0.2) is 0 Å². The highest BCUT2D eigenvalue weighted by Crippen LogP contribution is 2.25. The summed E-state index contributed by atoms with van der Waals surface area (Å²) in [5.74, 6) is 0.939. The van der Waals surface area contributed by atoms with E-state index in [9.17, 15) is 9.59 Å². The fraction of sp³-hybridized carbons (Fsp3) is 0.294. The largest absolute Gasteiger partial charge is 0.440 e. The highest BCUT2D eigenvalue weighted by Gasteiger charge is 2.15. The number of morpholine rings is 1. The molecule has 1 aliphatic rings. The van der Waals surface area contributed by atoms with Crippen molar-refractivity contribution in [2.24, 2.45) is 0 Å². The maximum atomic E-state index is 12.0. The molecule has 0 unspecified atom stereocenters. The molecular formula is C17H18N2O4. The molecule has 0 spiro atoms. The summed E-state index contributed by atoms with van der Waals surface area (Å²) in [6, 6.07) is 10.1. The molecule has 1 saturated heterocycles. The summed E-state index contributed by atoms with van der Waals surface area (Å²) in [5, 5.41) is 2.70. The molecule has 1 aliphatic heterocycles. The molecule has 0 aliphatic carbocycles. The molecular weight excluding hydrogens is 296 g/mol. The van der Waals surface area contributed by atoms with Gasteiger partial charge in [-0.05, 0) is 24.3 Å². The number of amides is 1. The van der Waals surface area contributed by atoms with E-state index in [0.29, 0.717) is 43.6 Å². The first-order valence-corrected chi connectivity index (χ1v) is 7.48. The number of benzene rings is 1. The highest BCUT2D eigenvalue weighted by atomic mass is 16.5. The van der Waals surface area contributed by atoms with E-state index in [1.54, 1.807) is 12.1 Å². The van der Waals surface area contributed by atoms with Crippen LogP contribution in [0.4, 0.5) is 11.6 Å². The molecule has 1 amide bonds. The van der Waals surface area contributed by atoms with Crippen molar-refractivity contribution in [3.05, 3.63) is 46.6 Å². The van der Waals surface area contributed by atoms with Crippen LogP contribution in [0.25, 0.3) is 11.3 Å². The molecule has 1 fully saturated rings. The van der Waals surface area contributed by atoms with E-state index in [1.165, 1.54) is 19.1 Å². The molecule has 2 heterocycles. The normalized spacial score (nSPS) is 14.6. The van der Waals surface area contributed by atoms with Gasteiger partial charge in [0.25, 0.3) is 0 Å². The second-order valence-corrected chi connectivity index (χ2v) is 5.35. The minimum atomic E-state index is -0.126. The molecule has 1 aromatic heterocycles. The Morgan fingerprint density at radius 1 is 1.13 bits per heavy atom. The third-order valence-electron chi connectivity index (χ3n) is 3.57. The van der Waals surface area contributed by atoms with Crippen LogP contribution in [-0.4, -0.2) is 32.2 Å². The number of carbonyl (C=O) groups is 1. The lowest BCUT2D eigenvalue weighted by molar-refractivity contribution is -0.114. The van der Waals surface area contributed by atoms with Crippen molar-refractivity contribution < 1.29 is 13.9 Å². The van der Waals surface area contributed by atoms with E-state index in [4.69, 9.17) is 9.15 Å². The van der Waals surface area contributed by atoms with Crippen LogP contribution in [0.5, 0.6) is 0 Å². The Morgan fingerprint density at radius 3 is 2.48 bits per heavy atom. The lowest BCUT2D eigenvalue weighted by Crippen LogP contribution is -2.36. The summed E-state index contributed by atoms with van der Waals surface area (Å²) in [7, 11) is 0. The van der Waals surface area contributed by atoms with E-state index in [0.717, 1.165) is 5.56 Å². The summed E-state index contributed by atoms with van der Waals surface area (Å²) >= 11 is 0. The minimum absolute atomic E-state index is 0.0984. The van der Waals surface area contributed by atoms with Gasteiger partial charge in [-0.2, -0.15) is 0 Å². The maximum Gasteiger partial charge on any atom is 0.221 e. The molecule has 120 valence electrons. The van der Waals surface area contributed by atoms with Crippen LogP contribution in [0.3, 0.4) is 0 Å². The molecule has 1 aromatic carbocycles. The summed E-state index contributed by atoms with van der Waals surface area (Å²) in [6.07, 6.45) is 0. The smallest absolute Gasteiger partial charge is 0.221 e. The lowest BCUT2D eigenvalue weighted by Gasteiger charge is -2.27. The van der Waals surface area contributed by atoms with Crippen molar-refractivity contribution in [3.8, 4) is 11.3 Å². The molecule has 0 bridgehead atoms.